The maximum Gasteiger partial charge on any atom is 0.227 e. The minimum Gasteiger partial charge on any atom is -0.340 e. The van der Waals surface area contributed by atoms with Gasteiger partial charge in [0.1, 0.15) is 5.82 Å². The zero-order valence-corrected chi connectivity index (χ0v) is 26.4. The Labute approximate surface area is 270 Å². The van der Waals surface area contributed by atoms with Crippen molar-refractivity contribution < 1.29 is 4.79 Å². The van der Waals surface area contributed by atoms with E-state index in [4.69, 9.17) is 16.6 Å². The van der Waals surface area contributed by atoms with Gasteiger partial charge in [-0.15, -0.1) is 0 Å². The van der Waals surface area contributed by atoms with Crippen molar-refractivity contribution in [3.8, 4) is 0 Å². The SMILES string of the molecule is O=C([C@@H]1CCCN(Cc2nc3ccccc3n2Cc2ccc(Cl)cc2)C1)N1CCN(C(c2ccccc2)c2ccccc2)CC1. The standard InChI is InChI=1S/C38H40ClN5O/c39-33-19-17-29(18-20-33)26-44-35-16-8-7-15-34(35)40-36(44)28-41-21-9-14-32(27-41)38(45)43-24-22-42(23-25-43)37(30-10-3-1-4-11-30)31-12-5-2-6-13-31/h1-8,10-13,15-20,32,37H,9,14,21-28H2/t32-/m1/s1. The summed E-state index contributed by atoms with van der Waals surface area (Å²) < 4.78 is 2.32. The Hall–Kier alpha value is -3.97. The number of hydrogen-bond donors (Lipinski definition) is 0. The Morgan fingerprint density at radius 2 is 1.40 bits per heavy atom. The van der Waals surface area contributed by atoms with Crippen molar-refractivity contribution in [3.63, 3.8) is 0 Å². The first-order valence-electron chi connectivity index (χ1n) is 16.2. The maximum atomic E-state index is 13.9. The highest BCUT2D eigenvalue weighted by Gasteiger charge is 2.33. The minimum absolute atomic E-state index is 0.0263. The molecular formula is C38H40ClN5O. The number of carbonyl (C=O) groups excluding carboxylic acids is 1. The van der Waals surface area contributed by atoms with E-state index in [-0.39, 0.29) is 12.0 Å². The predicted molar refractivity (Wildman–Crippen MR) is 181 cm³/mol. The summed E-state index contributed by atoms with van der Waals surface area (Å²) in [5.74, 6) is 1.38. The lowest BCUT2D eigenvalue weighted by Gasteiger charge is -2.42. The Morgan fingerprint density at radius 1 is 0.756 bits per heavy atom. The quantitative estimate of drug-likeness (QED) is 0.190. The third kappa shape index (κ3) is 6.69. The average Bonchev–Trinajstić information content (AvgIpc) is 3.43. The second-order valence-electron chi connectivity index (χ2n) is 12.4. The van der Waals surface area contributed by atoms with Crippen molar-refractivity contribution in [1.29, 1.82) is 0 Å². The largest absolute Gasteiger partial charge is 0.340 e. The maximum absolute atomic E-state index is 13.9. The Bertz CT molecular complexity index is 1670. The molecular weight excluding hydrogens is 578 g/mol. The van der Waals surface area contributed by atoms with E-state index >= 15 is 0 Å². The summed E-state index contributed by atoms with van der Waals surface area (Å²) in [4.78, 5) is 26.0. The van der Waals surface area contributed by atoms with E-state index < -0.39 is 0 Å². The fourth-order valence-electron chi connectivity index (χ4n) is 7.14. The number of piperidine rings is 1. The molecule has 3 heterocycles. The van der Waals surface area contributed by atoms with Crippen molar-refractivity contribution in [1.82, 2.24) is 24.3 Å². The lowest BCUT2D eigenvalue weighted by molar-refractivity contribution is -0.139. The molecule has 5 aromatic rings. The molecule has 0 radical (unpaired) electrons. The molecule has 1 amide bonds. The monoisotopic (exact) mass is 617 g/mol. The second-order valence-corrected chi connectivity index (χ2v) is 12.8. The first-order chi connectivity index (χ1) is 22.1. The van der Waals surface area contributed by atoms with Crippen LogP contribution >= 0.6 is 11.6 Å². The number of fused-ring (bicyclic) bond motifs is 1. The van der Waals surface area contributed by atoms with Gasteiger partial charge >= 0.3 is 0 Å². The van der Waals surface area contributed by atoms with Gasteiger partial charge in [-0.25, -0.2) is 4.98 Å². The third-order valence-corrected chi connectivity index (χ3v) is 9.68. The molecule has 2 aliphatic rings. The molecule has 2 saturated heterocycles. The summed E-state index contributed by atoms with van der Waals surface area (Å²) in [5.41, 5.74) is 5.93. The van der Waals surface area contributed by atoms with Crippen LogP contribution in [0.4, 0.5) is 0 Å². The van der Waals surface area contributed by atoms with Gasteiger partial charge in [-0.05, 0) is 60.3 Å². The predicted octanol–water partition coefficient (Wildman–Crippen LogP) is 6.88. The minimum atomic E-state index is 0.0263. The van der Waals surface area contributed by atoms with E-state index in [2.05, 4.69) is 110 Å². The second kappa shape index (κ2) is 13.6. The number of amides is 1. The molecule has 0 unspecified atom stereocenters. The molecule has 0 spiro atoms. The fourth-order valence-corrected chi connectivity index (χ4v) is 7.27. The highest BCUT2D eigenvalue weighted by atomic mass is 35.5. The summed E-state index contributed by atoms with van der Waals surface area (Å²) >= 11 is 6.16. The van der Waals surface area contributed by atoms with Crippen molar-refractivity contribution in [2.75, 3.05) is 39.3 Å². The van der Waals surface area contributed by atoms with Gasteiger partial charge in [-0.1, -0.05) is 96.5 Å². The summed E-state index contributed by atoms with van der Waals surface area (Å²) in [7, 11) is 0. The van der Waals surface area contributed by atoms with Crippen LogP contribution in [0.3, 0.4) is 0 Å². The van der Waals surface area contributed by atoms with Crippen LogP contribution in [0.5, 0.6) is 0 Å². The first-order valence-corrected chi connectivity index (χ1v) is 16.5. The molecule has 0 N–H and O–H groups in total. The molecule has 1 atom stereocenters. The van der Waals surface area contributed by atoms with E-state index in [0.29, 0.717) is 5.91 Å². The van der Waals surface area contributed by atoms with Crippen molar-refractivity contribution in [3.05, 3.63) is 137 Å². The molecule has 7 heteroatoms. The molecule has 7 rings (SSSR count). The van der Waals surface area contributed by atoms with Crippen molar-refractivity contribution >= 4 is 28.5 Å². The highest BCUT2D eigenvalue weighted by molar-refractivity contribution is 6.30. The van der Waals surface area contributed by atoms with Crippen LogP contribution in [0.15, 0.2) is 109 Å². The number of likely N-dealkylation sites (tertiary alicyclic amines) is 1. The number of carbonyl (C=O) groups is 1. The molecule has 0 bridgehead atoms. The Kier molecular flexibility index (Phi) is 8.97. The molecule has 6 nitrogen and oxygen atoms in total. The van der Waals surface area contributed by atoms with Crippen molar-refractivity contribution in [2.24, 2.45) is 5.92 Å². The summed E-state index contributed by atoms with van der Waals surface area (Å²) in [5, 5.41) is 0.743. The number of piperazine rings is 1. The van der Waals surface area contributed by atoms with Gasteiger partial charge in [0, 0.05) is 44.3 Å². The van der Waals surface area contributed by atoms with Gasteiger partial charge in [-0.2, -0.15) is 0 Å². The molecule has 1 aromatic heterocycles. The first kappa shape index (κ1) is 29.7. The lowest BCUT2D eigenvalue weighted by Crippen LogP contribution is -2.53. The van der Waals surface area contributed by atoms with Crippen LogP contribution in [-0.4, -0.2) is 69.4 Å². The normalized spacial score (nSPS) is 18.1. The van der Waals surface area contributed by atoms with E-state index in [1.54, 1.807) is 0 Å². The number of benzene rings is 4. The number of rotatable bonds is 8. The van der Waals surface area contributed by atoms with E-state index in [1.807, 2.05) is 18.2 Å². The van der Waals surface area contributed by atoms with E-state index in [9.17, 15) is 4.79 Å². The van der Waals surface area contributed by atoms with Crippen LogP contribution in [-0.2, 0) is 17.9 Å². The smallest absolute Gasteiger partial charge is 0.227 e. The molecule has 2 fully saturated rings. The van der Waals surface area contributed by atoms with Gasteiger partial charge in [0.2, 0.25) is 5.91 Å². The Balaban J connectivity index is 1.02. The van der Waals surface area contributed by atoms with Crippen LogP contribution in [0.1, 0.15) is 41.4 Å². The van der Waals surface area contributed by atoms with Crippen LogP contribution in [0.25, 0.3) is 11.0 Å². The van der Waals surface area contributed by atoms with Crippen molar-refractivity contribution in [2.45, 2.75) is 32.0 Å². The molecule has 2 aliphatic heterocycles. The van der Waals surface area contributed by atoms with Crippen LogP contribution < -0.4 is 0 Å². The van der Waals surface area contributed by atoms with Gasteiger partial charge in [0.05, 0.1) is 29.5 Å². The molecule has 0 aliphatic carbocycles. The van der Waals surface area contributed by atoms with E-state index in [1.165, 1.54) is 16.7 Å². The zero-order chi connectivity index (χ0) is 30.6. The van der Waals surface area contributed by atoms with Gasteiger partial charge < -0.3 is 9.47 Å². The van der Waals surface area contributed by atoms with Gasteiger partial charge in [0.25, 0.3) is 0 Å². The number of nitrogens with zero attached hydrogens (tertiary/aromatic N) is 5. The third-order valence-electron chi connectivity index (χ3n) is 9.43. The molecule has 4 aromatic carbocycles. The number of halogens is 1. The summed E-state index contributed by atoms with van der Waals surface area (Å²) in [6, 6.07) is 38.1. The van der Waals surface area contributed by atoms with Gasteiger partial charge in [0.15, 0.2) is 0 Å². The average molecular weight is 618 g/mol. The number of aromatic nitrogens is 2. The molecule has 0 saturated carbocycles. The number of hydrogen-bond acceptors (Lipinski definition) is 4. The molecule has 230 valence electrons. The summed E-state index contributed by atoms with van der Waals surface area (Å²) in [6.07, 6.45) is 1.98. The van der Waals surface area contributed by atoms with Crippen LogP contribution in [0, 0.1) is 5.92 Å². The van der Waals surface area contributed by atoms with E-state index in [0.717, 1.165) is 87.1 Å². The lowest BCUT2D eigenvalue weighted by atomic mass is 9.95. The highest BCUT2D eigenvalue weighted by Crippen LogP contribution is 2.30. The van der Waals surface area contributed by atoms with Crippen LogP contribution in [0.2, 0.25) is 5.02 Å². The van der Waals surface area contributed by atoms with Gasteiger partial charge in [-0.3, -0.25) is 14.6 Å². The number of para-hydroxylation sites is 2. The summed E-state index contributed by atoms with van der Waals surface area (Å²) in [6.45, 7) is 6.50. The number of imidazole rings is 1. The zero-order valence-electron chi connectivity index (χ0n) is 25.6. The topological polar surface area (TPSA) is 44.6 Å². The Morgan fingerprint density at radius 3 is 2.09 bits per heavy atom. The molecule has 45 heavy (non-hydrogen) atoms. The fraction of sp³-hybridized carbons (Fsp3) is 0.316.